The van der Waals surface area contributed by atoms with Gasteiger partial charge in [0.05, 0.1) is 17.6 Å². The maximum atomic E-state index is 13.0. The van der Waals surface area contributed by atoms with E-state index in [1.165, 1.54) is 11.4 Å². The van der Waals surface area contributed by atoms with Gasteiger partial charge in [0.1, 0.15) is 5.75 Å². The van der Waals surface area contributed by atoms with E-state index in [4.69, 9.17) is 4.74 Å². The molecule has 1 fully saturated rings. The van der Waals surface area contributed by atoms with Crippen LogP contribution in [-0.4, -0.2) is 38.8 Å². The van der Waals surface area contributed by atoms with E-state index in [-0.39, 0.29) is 17.3 Å². The minimum absolute atomic E-state index is 0.117. The number of rotatable bonds is 6. The number of carbonyl (C=O) groups is 1. The van der Waals surface area contributed by atoms with Gasteiger partial charge in [0.25, 0.3) is 5.91 Å². The van der Waals surface area contributed by atoms with Crippen LogP contribution < -0.4 is 10.1 Å². The summed E-state index contributed by atoms with van der Waals surface area (Å²) in [6.45, 7) is 1.20. The van der Waals surface area contributed by atoms with Crippen LogP contribution in [0.1, 0.15) is 35.2 Å². The Morgan fingerprint density at radius 3 is 2.57 bits per heavy atom. The van der Waals surface area contributed by atoms with Crippen molar-refractivity contribution >= 4 is 31.9 Å². The van der Waals surface area contributed by atoms with Gasteiger partial charge < -0.3 is 10.1 Å². The number of nitrogens with one attached hydrogen (secondary N) is 1. The van der Waals surface area contributed by atoms with Gasteiger partial charge in [-0.25, -0.2) is 8.42 Å². The van der Waals surface area contributed by atoms with Gasteiger partial charge in [-0.1, -0.05) is 24.6 Å². The molecule has 0 bridgehead atoms. The lowest BCUT2D eigenvalue weighted by molar-refractivity contribution is 0.0949. The number of ether oxygens (including phenoxy) is 1. The van der Waals surface area contributed by atoms with Crippen molar-refractivity contribution in [3.8, 4) is 5.75 Å². The van der Waals surface area contributed by atoms with Crippen LogP contribution in [0.15, 0.2) is 51.8 Å². The zero-order chi connectivity index (χ0) is 20.1. The molecule has 0 spiro atoms. The van der Waals surface area contributed by atoms with E-state index in [2.05, 4.69) is 21.2 Å². The van der Waals surface area contributed by atoms with E-state index in [1.54, 1.807) is 42.5 Å². The summed E-state index contributed by atoms with van der Waals surface area (Å²) in [4.78, 5) is 12.9. The monoisotopic (exact) mass is 466 g/mol. The van der Waals surface area contributed by atoms with E-state index in [9.17, 15) is 13.2 Å². The molecule has 3 rings (SSSR count). The first-order valence-electron chi connectivity index (χ1n) is 9.13. The summed E-state index contributed by atoms with van der Waals surface area (Å²) < 4.78 is 33.4. The van der Waals surface area contributed by atoms with Gasteiger partial charge in [0.15, 0.2) is 0 Å². The van der Waals surface area contributed by atoms with Crippen LogP contribution >= 0.6 is 15.9 Å². The van der Waals surface area contributed by atoms with Gasteiger partial charge in [0.2, 0.25) is 10.0 Å². The quantitative estimate of drug-likeness (QED) is 0.705. The Morgan fingerprint density at radius 1 is 1.14 bits per heavy atom. The first-order chi connectivity index (χ1) is 13.4. The summed E-state index contributed by atoms with van der Waals surface area (Å²) in [5.41, 5.74) is 0.996. The predicted molar refractivity (Wildman–Crippen MR) is 111 cm³/mol. The Morgan fingerprint density at radius 2 is 1.86 bits per heavy atom. The Labute approximate surface area is 174 Å². The summed E-state index contributed by atoms with van der Waals surface area (Å²) >= 11 is 3.37. The lowest BCUT2D eigenvalue weighted by Crippen LogP contribution is -2.36. The van der Waals surface area contributed by atoms with Gasteiger partial charge in [0, 0.05) is 24.1 Å². The molecule has 1 saturated heterocycles. The number of carbonyl (C=O) groups excluding carboxylic acids is 1. The fourth-order valence-electron chi connectivity index (χ4n) is 3.22. The highest BCUT2D eigenvalue weighted by molar-refractivity contribution is 9.10. The number of methoxy groups -OCH3 is 1. The molecule has 1 aliphatic heterocycles. The number of sulfonamides is 1. The molecule has 1 amide bonds. The topological polar surface area (TPSA) is 75.7 Å². The lowest BCUT2D eigenvalue weighted by atomic mass is 10.2. The van der Waals surface area contributed by atoms with E-state index < -0.39 is 10.0 Å². The summed E-state index contributed by atoms with van der Waals surface area (Å²) in [7, 11) is -2.04. The Hall–Kier alpha value is -1.90. The first-order valence-corrected chi connectivity index (χ1v) is 11.4. The third-order valence-electron chi connectivity index (χ3n) is 4.76. The van der Waals surface area contributed by atoms with Gasteiger partial charge in [-0.3, -0.25) is 4.79 Å². The third kappa shape index (κ3) is 4.56. The number of nitrogens with zero attached hydrogens (tertiary/aromatic N) is 1. The molecule has 1 aliphatic rings. The van der Waals surface area contributed by atoms with Gasteiger partial charge in [-0.15, -0.1) is 0 Å². The molecule has 0 aliphatic carbocycles. The molecule has 0 radical (unpaired) electrons. The zero-order valence-corrected chi connectivity index (χ0v) is 18.1. The highest BCUT2D eigenvalue weighted by Gasteiger charge is 2.28. The van der Waals surface area contributed by atoms with Crippen LogP contribution in [0.2, 0.25) is 0 Å². The Kier molecular flexibility index (Phi) is 6.74. The molecule has 1 N–H and O–H groups in total. The number of amides is 1. The minimum atomic E-state index is -3.57. The van der Waals surface area contributed by atoms with Crippen molar-refractivity contribution in [1.29, 1.82) is 0 Å². The molecule has 2 aromatic carbocycles. The summed E-state index contributed by atoms with van der Waals surface area (Å²) in [6, 6.07) is 11.9. The number of benzene rings is 2. The molecule has 0 saturated carbocycles. The zero-order valence-electron chi connectivity index (χ0n) is 15.7. The number of hydrogen-bond acceptors (Lipinski definition) is 4. The molecule has 28 heavy (non-hydrogen) atoms. The van der Waals surface area contributed by atoms with Gasteiger partial charge in [-0.2, -0.15) is 4.31 Å². The first kappa shape index (κ1) is 20.8. The molecule has 1 heterocycles. The molecule has 0 atom stereocenters. The van der Waals surface area contributed by atoms with E-state index in [0.717, 1.165) is 19.3 Å². The smallest absolute Gasteiger partial charge is 0.252 e. The molecule has 2 aromatic rings. The fourth-order valence-corrected chi connectivity index (χ4v) is 5.39. The fraction of sp³-hybridized carbons (Fsp3) is 0.350. The van der Waals surface area contributed by atoms with Crippen LogP contribution in [-0.2, 0) is 16.6 Å². The predicted octanol–water partition coefficient (Wildman–Crippen LogP) is 3.56. The average Bonchev–Trinajstić information content (AvgIpc) is 2.73. The van der Waals surface area contributed by atoms with Crippen LogP contribution in [0.5, 0.6) is 5.75 Å². The molecule has 0 unspecified atom stereocenters. The molecule has 6 nitrogen and oxygen atoms in total. The van der Waals surface area contributed by atoms with Crippen LogP contribution in [0.25, 0.3) is 0 Å². The lowest BCUT2D eigenvalue weighted by Gasteiger charge is -2.26. The van der Waals surface area contributed by atoms with Crippen LogP contribution in [0.3, 0.4) is 0 Å². The maximum Gasteiger partial charge on any atom is 0.252 e. The van der Waals surface area contributed by atoms with Crippen LogP contribution in [0.4, 0.5) is 0 Å². The standard InChI is InChI=1S/C20H23BrN2O4S/c1-27-16-9-10-18(21)17(13-16)20(24)22-14-15-7-3-4-8-19(15)28(25,26)23-11-5-2-6-12-23/h3-4,7-10,13H,2,5-6,11-12,14H2,1H3,(H,22,24). The van der Waals surface area contributed by atoms with Crippen molar-refractivity contribution in [2.45, 2.75) is 30.7 Å². The van der Waals surface area contributed by atoms with Crippen LogP contribution in [0, 0.1) is 0 Å². The van der Waals surface area contributed by atoms with Crippen molar-refractivity contribution in [2.24, 2.45) is 0 Å². The van der Waals surface area contributed by atoms with E-state index in [1.807, 2.05) is 0 Å². The van der Waals surface area contributed by atoms with E-state index >= 15 is 0 Å². The number of halogens is 1. The van der Waals surface area contributed by atoms with Crippen molar-refractivity contribution in [2.75, 3.05) is 20.2 Å². The minimum Gasteiger partial charge on any atom is -0.497 e. The van der Waals surface area contributed by atoms with Crippen molar-refractivity contribution in [3.05, 3.63) is 58.1 Å². The summed E-state index contributed by atoms with van der Waals surface area (Å²) in [5.74, 6) is 0.261. The second-order valence-electron chi connectivity index (χ2n) is 6.60. The molecule has 150 valence electrons. The highest BCUT2D eigenvalue weighted by Crippen LogP contribution is 2.25. The molecule has 8 heteroatoms. The molecular formula is C20H23BrN2O4S. The van der Waals surface area contributed by atoms with Gasteiger partial charge >= 0.3 is 0 Å². The third-order valence-corrected chi connectivity index (χ3v) is 7.45. The normalized spacial score (nSPS) is 15.2. The number of piperidine rings is 1. The Bertz CT molecular complexity index is 956. The largest absolute Gasteiger partial charge is 0.497 e. The summed E-state index contributed by atoms with van der Waals surface area (Å²) in [6.07, 6.45) is 2.81. The van der Waals surface area contributed by atoms with Gasteiger partial charge in [-0.05, 0) is 58.6 Å². The molecule has 0 aromatic heterocycles. The highest BCUT2D eigenvalue weighted by atomic mass is 79.9. The van der Waals surface area contributed by atoms with Crippen molar-refractivity contribution in [3.63, 3.8) is 0 Å². The average molecular weight is 467 g/mol. The van der Waals surface area contributed by atoms with E-state index in [0.29, 0.717) is 34.4 Å². The second kappa shape index (κ2) is 9.07. The summed E-state index contributed by atoms with van der Waals surface area (Å²) in [5, 5.41) is 2.82. The SMILES string of the molecule is COc1ccc(Br)c(C(=O)NCc2ccccc2S(=O)(=O)N2CCCCC2)c1. The Balaban J connectivity index is 1.80. The number of hydrogen-bond donors (Lipinski definition) is 1. The van der Waals surface area contributed by atoms with Crippen molar-refractivity contribution in [1.82, 2.24) is 9.62 Å². The van der Waals surface area contributed by atoms with Crippen molar-refractivity contribution < 1.29 is 17.9 Å². The second-order valence-corrected chi connectivity index (χ2v) is 9.36. The maximum absolute atomic E-state index is 13.0. The molecular weight excluding hydrogens is 444 g/mol.